The van der Waals surface area contributed by atoms with E-state index < -0.39 is 0 Å². The van der Waals surface area contributed by atoms with E-state index in [4.69, 9.17) is 10.5 Å². The van der Waals surface area contributed by atoms with Gasteiger partial charge in [0.25, 0.3) is 0 Å². The summed E-state index contributed by atoms with van der Waals surface area (Å²) in [7, 11) is 0. The Morgan fingerprint density at radius 2 is 2.15 bits per heavy atom. The van der Waals surface area contributed by atoms with Gasteiger partial charge in [-0.2, -0.15) is 5.10 Å². The molecule has 0 spiro atoms. The van der Waals surface area contributed by atoms with E-state index in [-0.39, 0.29) is 23.2 Å². The lowest BCUT2D eigenvalue weighted by molar-refractivity contribution is 0.191. The number of halogens is 1. The molecule has 2 fully saturated rings. The number of rotatable bonds is 4. The van der Waals surface area contributed by atoms with Gasteiger partial charge in [-0.15, -0.1) is 0 Å². The Morgan fingerprint density at radius 3 is 2.89 bits per heavy atom. The van der Waals surface area contributed by atoms with Crippen LogP contribution in [0.5, 0.6) is 5.75 Å². The molecule has 140 valence electrons. The van der Waals surface area contributed by atoms with Crippen LogP contribution in [0.2, 0.25) is 0 Å². The number of hydrogen-bond acceptors (Lipinski definition) is 6. The highest BCUT2D eigenvalue weighted by Crippen LogP contribution is 2.41. The van der Waals surface area contributed by atoms with E-state index in [2.05, 4.69) is 25.1 Å². The van der Waals surface area contributed by atoms with Crippen LogP contribution < -0.4 is 15.4 Å². The minimum Gasteiger partial charge on any atom is -0.484 e. The highest BCUT2D eigenvalue weighted by atomic mass is 19.1. The van der Waals surface area contributed by atoms with Crippen LogP contribution >= 0.6 is 0 Å². The van der Waals surface area contributed by atoms with Crippen molar-refractivity contribution in [1.29, 1.82) is 0 Å². The summed E-state index contributed by atoms with van der Waals surface area (Å²) < 4.78 is 20.2. The molecule has 8 heteroatoms. The average molecular weight is 368 g/mol. The van der Waals surface area contributed by atoms with Gasteiger partial charge < -0.3 is 15.4 Å². The van der Waals surface area contributed by atoms with Gasteiger partial charge in [0.05, 0.1) is 11.2 Å². The molecule has 1 atom stereocenters. The quantitative estimate of drug-likeness (QED) is 0.735. The van der Waals surface area contributed by atoms with Crippen molar-refractivity contribution in [3.63, 3.8) is 0 Å². The normalized spacial score (nSPS) is 21.0. The highest BCUT2D eigenvalue weighted by Gasteiger charge is 2.40. The Morgan fingerprint density at radius 1 is 1.30 bits per heavy atom. The smallest absolute Gasteiger partial charge is 0.167 e. The first-order valence-corrected chi connectivity index (χ1v) is 9.20. The number of H-pyrrole nitrogens is 1. The predicted octanol–water partition coefficient (Wildman–Crippen LogP) is 2.63. The van der Waals surface area contributed by atoms with E-state index in [1.165, 1.54) is 12.4 Å². The zero-order chi connectivity index (χ0) is 18.6. The number of nitrogens with one attached hydrogen (secondary N) is 1. The molecule has 2 aliphatic rings. The molecule has 0 radical (unpaired) electrons. The second-order valence-electron chi connectivity index (χ2n) is 7.71. The first kappa shape index (κ1) is 16.4. The topological polar surface area (TPSA) is 93.0 Å². The fourth-order valence-corrected chi connectivity index (χ4v) is 3.48. The van der Waals surface area contributed by atoms with Gasteiger partial charge in [-0.3, -0.25) is 5.10 Å². The van der Waals surface area contributed by atoms with Crippen molar-refractivity contribution < 1.29 is 9.13 Å². The van der Waals surface area contributed by atoms with Gasteiger partial charge in [0.2, 0.25) is 0 Å². The molecule has 0 bridgehead atoms. The number of benzene rings is 1. The Labute approximate surface area is 155 Å². The fourth-order valence-electron chi connectivity index (χ4n) is 3.48. The molecule has 1 saturated carbocycles. The van der Waals surface area contributed by atoms with Crippen molar-refractivity contribution >= 4 is 16.7 Å². The van der Waals surface area contributed by atoms with Crippen LogP contribution in [-0.2, 0) is 0 Å². The van der Waals surface area contributed by atoms with Crippen LogP contribution in [0.3, 0.4) is 0 Å². The average Bonchev–Trinajstić information content (AvgIpc) is 3.04. The molecule has 0 unspecified atom stereocenters. The minimum absolute atomic E-state index is 0.168. The molecule has 3 heterocycles. The molecule has 0 amide bonds. The lowest BCUT2D eigenvalue weighted by atomic mass is 10.1. The zero-order valence-electron chi connectivity index (χ0n) is 15.1. The molecule has 5 rings (SSSR count). The van der Waals surface area contributed by atoms with Crippen LogP contribution in [0, 0.1) is 5.82 Å². The van der Waals surface area contributed by atoms with Gasteiger partial charge in [-0.1, -0.05) is 0 Å². The molecule has 3 N–H and O–H groups in total. The monoisotopic (exact) mass is 368 g/mol. The Bertz CT molecular complexity index is 1010. The maximum Gasteiger partial charge on any atom is 0.167 e. The number of aromatic nitrogens is 4. The molecular formula is C19H21FN6O. The summed E-state index contributed by atoms with van der Waals surface area (Å²) >= 11 is 0. The lowest BCUT2D eigenvalue weighted by Crippen LogP contribution is -2.26. The number of aromatic amines is 1. The van der Waals surface area contributed by atoms with E-state index in [0.29, 0.717) is 16.9 Å². The molecule has 1 aliphatic carbocycles. The van der Waals surface area contributed by atoms with E-state index in [9.17, 15) is 4.39 Å². The summed E-state index contributed by atoms with van der Waals surface area (Å²) in [6.45, 7) is 3.64. The number of fused-ring (bicyclic) bond motifs is 1. The van der Waals surface area contributed by atoms with Crippen molar-refractivity contribution in [2.24, 2.45) is 5.73 Å². The van der Waals surface area contributed by atoms with Crippen molar-refractivity contribution in [3.05, 3.63) is 30.3 Å². The lowest BCUT2D eigenvalue weighted by Gasteiger charge is -2.16. The summed E-state index contributed by atoms with van der Waals surface area (Å²) in [6.07, 6.45) is 4.36. The van der Waals surface area contributed by atoms with Crippen LogP contribution in [0.15, 0.2) is 24.5 Å². The van der Waals surface area contributed by atoms with Gasteiger partial charge in [-0.05, 0) is 32.3 Å². The summed E-state index contributed by atoms with van der Waals surface area (Å²) in [5, 5.41) is 8.03. The molecular weight excluding hydrogens is 347 g/mol. The first-order chi connectivity index (χ1) is 13.0. The molecule has 7 nitrogen and oxygen atoms in total. The van der Waals surface area contributed by atoms with Gasteiger partial charge in [-0.25, -0.2) is 14.4 Å². The van der Waals surface area contributed by atoms with Crippen molar-refractivity contribution in [1.82, 2.24) is 20.2 Å². The summed E-state index contributed by atoms with van der Waals surface area (Å²) in [4.78, 5) is 10.9. The second-order valence-corrected chi connectivity index (χ2v) is 7.71. The van der Waals surface area contributed by atoms with Crippen molar-refractivity contribution in [2.75, 3.05) is 18.0 Å². The Hall–Kier alpha value is -2.74. The van der Waals surface area contributed by atoms with E-state index in [1.807, 2.05) is 13.0 Å². The largest absolute Gasteiger partial charge is 0.484 e. The molecule has 3 aromatic rings. The van der Waals surface area contributed by atoms with Crippen LogP contribution in [-0.4, -0.2) is 44.9 Å². The maximum absolute atomic E-state index is 14.4. The third-order valence-corrected chi connectivity index (χ3v) is 5.37. The zero-order valence-corrected chi connectivity index (χ0v) is 15.1. The third-order valence-electron chi connectivity index (χ3n) is 5.37. The van der Waals surface area contributed by atoms with Gasteiger partial charge >= 0.3 is 0 Å². The summed E-state index contributed by atoms with van der Waals surface area (Å²) in [6, 6.07) is 5.20. The molecule has 1 saturated heterocycles. The van der Waals surface area contributed by atoms with Crippen molar-refractivity contribution in [2.45, 2.75) is 37.8 Å². The molecule has 2 aromatic heterocycles. The van der Waals surface area contributed by atoms with Gasteiger partial charge in [0.1, 0.15) is 23.4 Å². The summed E-state index contributed by atoms with van der Waals surface area (Å²) in [5.74, 6) is 0.693. The van der Waals surface area contributed by atoms with E-state index in [1.54, 1.807) is 6.07 Å². The molecule has 1 aromatic carbocycles. The van der Waals surface area contributed by atoms with Gasteiger partial charge in [0.15, 0.2) is 11.6 Å². The van der Waals surface area contributed by atoms with Gasteiger partial charge in [0, 0.05) is 36.7 Å². The van der Waals surface area contributed by atoms with Crippen LogP contribution in [0.25, 0.3) is 22.3 Å². The number of nitrogens with two attached hydrogens (primary N) is 1. The first-order valence-electron chi connectivity index (χ1n) is 9.20. The van der Waals surface area contributed by atoms with E-state index >= 15 is 0 Å². The number of nitrogens with zero attached hydrogens (tertiary/aromatic N) is 4. The maximum atomic E-state index is 14.4. The SMILES string of the molecule is CC1(Oc2cc3c(-c4cc(N5CC[C@H](N)C5)ncn4)n[nH]c3cc2F)CC1. The fraction of sp³-hybridized carbons (Fsp3) is 0.421. The summed E-state index contributed by atoms with van der Waals surface area (Å²) in [5.41, 5.74) is 7.70. The van der Waals surface area contributed by atoms with Crippen LogP contribution in [0.1, 0.15) is 26.2 Å². The van der Waals surface area contributed by atoms with Crippen molar-refractivity contribution in [3.8, 4) is 17.1 Å². The Kier molecular flexibility index (Phi) is 3.58. The third kappa shape index (κ3) is 2.99. The Balaban J connectivity index is 1.54. The van der Waals surface area contributed by atoms with E-state index in [0.717, 1.165) is 43.6 Å². The number of hydrogen-bond donors (Lipinski definition) is 2. The molecule has 1 aliphatic heterocycles. The second kappa shape index (κ2) is 5.88. The highest BCUT2D eigenvalue weighted by molar-refractivity contribution is 5.93. The number of anilines is 1. The standard InChI is InChI=1S/C19H21FN6O/c1-19(3-4-19)27-16-6-12-14(7-13(16)20)24-25-18(12)15-8-17(23-10-22-15)26-5-2-11(21)9-26/h6-8,10-11H,2-5,9,21H2,1H3,(H,24,25)/t11-/m0/s1. The molecule has 27 heavy (non-hydrogen) atoms. The predicted molar refractivity (Wildman–Crippen MR) is 100 cm³/mol. The number of ether oxygens (including phenoxy) is 1. The van der Waals surface area contributed by atoms with Crippen LogP contribution in [0.4, 0.5) is 10.2 Å². The minimum atomic E-state index is -0.389.